The van der Waals surface area contributed by atoms with Gasteiger partial charge in [-0.05, 0) is 18.8 Å². The first-order chi connectivity index (χ1) is 4.24. The van der Waals surface area contributed by atoms with E-state index in [4.69, 9.17) is 10.2 Å². The molecule has 0 aromatic rings. The molecule has 1 unspecified atom stereocenters. The molecule has 9 heavy (non-hydrogen) atoms. The van der Waals surface area contributed by atoms with Crippen molar-refractivity contribution in [1.82, 2.24) is 0 Å². The average Bonchev–Trinajstić information content (AvgIpc) is 2.13. The quantitative estimate of drug-likeness (QED) is 0.460. The lowest BCUT2D eigenvalue weighted by Gasteiger charge is -2.03. The van der Waals surface area contributed by atoms with Crippen molar-refractivity contribution in [3.63, 3.8) is 0 Å². The van der Waals surface area contributed by atoms with Crippen LogP contribution in [0.15, 0.2) is 0 Å². The number of aliphatic hydroxyl groups is 2. The van der Waals surface area contributed by atoms with Gasteiger partial charge in [0.15, 0.2) is 0 Å². The first kappa shape index (κ1) is 7.38. The van der Waals surface area contributed by atoms with E-state index in [0.717, 1.165) is 6.42 Å². The van der Waals surface area contributed by atoms with Gasteiger partial charge in [-0.15, -0.1) is 0 Å². The van der Waals surface area contributed by atoms with Crippen LogP contribution >= 0.6 is 12.6 Å². The third-order valence-corrected chi connectivity index (χ3v) is 2.41. The molecular formula is C6H12O2S. The summed E-state index contributed by atoms with van der Waals surface area (Å²) in [5.74, 6) is 0.280. The molecule has 1 saturated carbocycles. The second-order valence-corrected chi connectivity index (χ2v) is 3.32. The largest absolute Gasteiger partial charge is 0.396 e. The Morgan fingerprint density at radius 1 is 1.44 bits per heavy atom. The zero-order valence-corrected chi connectivity index (χ0v) is 6.09. The molecule has 0 saturated heterocycles. The Balaban J connectivity index is 2.35. The first-order valence-corrected chi connectivity index (χ1v) is 3.72. The molecule has 3 atom stereocenters. The van der Waals surface area contributed by atoms with Crippen molar-refractivity contribution in [2.75, 3.05) is 6.61 Å². The lowest BCUT2D eigenvalue weighted by Crippen LogP contribution is -2.11. The number of hydrogen-bond acceptors (Lipinski definition) is 3. The van der Waals surface area contributed by atoms with Crippen LogP contribution in [0.4, 0.5) is 0 Å². The van der Waals surface area contributed by atoms with Crippen LogP contribution in [0, 0.1) is 5.92 Å². The summed E-state index contributed by atoms with van der Waals surface area (Å²) in [6.07, 6.45) is 1.26. The Labute approximate surface area is 60.3 Å². The van der Waals surface area contributed by atoms with E-state index in [1.165, 1.54) is 0 Å². The number of hydrogen-bond donors (Lipinski definition) is 3. The molecule has 0 bridgehead atoms. The third kappa shape index (κ3) is 1.60. The van der Waals surface area contributed by atoms with Gasteiger partial charge in [-0.25, -0.2) is 0 Å². The predicted molar refractivity (Wildman–Crippen MR) is 38.6 cm³/mol. The van der Waals surface area contributed by atoms with Gasteiger partial charge in [0.2, 0.25) is 0 Å². The minimum atomic E-state index is -0.300. The van der Waals surface area contributed by atoms with Crippen molar-refractivity contribution < 1.29 is 10.2 Å². The van der Waals surface area contributed by atoms with E-state index >= 15 is 0 Å². The highest BCUT2D eigenvalue weighted by molar-refractivity contribution is 7.81. The molecule has 0 aromatic heterocycles. The molecule has 0 spiro atoms. The zero-order chi connectivity index (χ0) is 6.85. The van der Waals surface area contributed by atoms with Gasteiger partial charge in [-0.1, -0.05) is 0 Å². The molecule has 0 radical (unpaired) electrons. The minimum absolute atomic E-state index is 0.0853. The van der Waals surface area contributed by atoms with Crippen LogP contribution in [0.2, 0.25) is 0 Å². The first-order valence-electron chi connectivity index (χ1n) is 3.21. The van der Waals surface area contributed by atoms with Crippen LogP contribution < -0.4 is 0 Å². The molecule has 3 heteroatoms. The summed E-state index contributed by atoms with van der Waals surface area (Å²) in [5, 5.41) is 17.9. The van der Waals surface area contributed by atoms with E-state index in [9.17, 15) is 0 Å². The van der Waals surface area contributed by atoms with E-state index in [-0.39, 0.29) is 23.9 Å². The molecule has 0 heterocycles. The smallest absolute Gasteiger partial charge is 0.0659 e. The maximum Gasteiger partial charge on any atom is 0.0659 e. The molecule has 1 rings (SSSR count). The summed E-state index contributed by atoms with van der Waals surface area (Å²) in [6.45, 7) is 0.189. The molecule has 0 amide bonds. The Hall–Kier alpha value is 0.270. The fourth-order valence-corrected chi connectivity index (χ4v) is 1.66. The summed E-state index contributed by atoms with van der Waals surface area (Å²) in [4.78, 5) is 0. The molecule has 2 N–H and O–H groups in total. The van der Waals surface area contributed by atoms with Gasteiger partial charge in [0.1, 0.15) is 0 Å². The molecule has 2 nitrogen and oxygen atoms in total. The SMILES string of the molecule is OCC1C[C@@H](O)[C@@H](S)C1. The highest BCUT2D eigenvalue weighted by Crippen LogP contribution is 2.28. The summed E-state index contributed by atoms with van der Waals surface area (Å²) in [5.41, 5.74) is 0. The van der Waals surface area contributed by atoms with Gasteiger partial charge in [0, 0.05) is 11.9 Å². The summed E-state index contributed by atoms with van der Waals surface area (Å²) in [6, 6.07) is 0. The fourth-order valence-electron chi connectivity index (χ4n) is 1.24. The maximum absolute atomic E-state index is 9.11. The van der Waals surface area contributed by atoms with Crippen molar-refractivity contribution in [3.8, 4) is 0 Å². The van der Waals surface area contributed by atoms with Gasteiger partial charge in [0.05, 0.1) is 6.10 Å². The van der Waals surface area contributed by atoms with Gasteiger partial charge in [-0.2, -0.15) is 12.6 Å². The van der Waals surface area contributed by atoms with Crippen molar-refractivity contribution in [1.29, 1.82) is 0 Å². The number of thiol groups is 1. The van der Waals surface area contributed by atoms with Crippen molar-refractivity contribution in [2.24, 2.45) is 5.92 Å². The van der Waals surface area contributed by atoms with Gasteiger partial charge in [0.25, 0.3) is 0 Å². The standard InChI is InChI=1S/C6H12O2S/c7-3-4-1-5(8)6(9)2-4/h4-9H,1-3H2/t4?,5-,6+/m1/s1. The van der Waals surface area contributed by atoms with E-state index in [1.807, 2.05) is 0 Å². The van der Waals surface area contributed by atoms with Crippen LogP contribution in [0.5, 0.6) is 0 Å². The van der Waals surface area contributed by atoms with Crippen LogP contribution in [0.3, 0.4) is 0 Å². The van der Waals surface area contributed by atoms with Gasteiger partial charge >= 0.3 is 0 Å². The Morgan fingerprint density at radius 2 is 2.11 bits per heavy atom. The Bertz CT molecular complexity index is 87.1. The van der Waals surface area contributed by atoms with E-state index in [1.54, 1.807) is 0 Å². The molecular weight excluding hydrogens is 136 g/mol. The molecule has 1 fully saturated rings. The van der Waals surface area contributed by atoms with Gasteiger partial charge < -0.3 is 10.2 Å². The Kier molecular flexibility index (Phi) is 2.38. The number of aliphatic hydroxyl groups excluding tert-OH is 2. The summed E-state index contributed by atoms with van der Waals surface area (Å²) in [7, 11) is 0. The lowest BCUT2D eigenvalue weighted by molar-refractivity contribution is 0.166. The lowest BCUT2D eigenvalue weighted by atomic mass is 10.1. The minimum Gasteiger partial charge on any atom is -0.396 e. The molecule has 0 aliphatic heterocycles. The average molecular weight is 148 g/mol. The monoisotopic (exact) mass is 148 g/mol. The van der Waals surface area contributed by atoms with E-state index in [2.05, 4.69) is 12.6 Å². The second-order valence-electron chi connectivity index (χ2n) is 2.65. The molecule has 1 aliphatic carbocycles. The van der Waals surface area contributed by atoms with Gasteiger partial charge in [-0.3, -0.25) is 0 Å². The predicted octanol–water partition coefficient (Wildman–Crippen LogP) is 0.0480. The van der Waals surface area contributed by atoms with Crippen molar-refractivity contribution >= 4 is 12.6 Å². The van der Waals surface area contributed by atoms with Crippen molar-refractivity contribution in [2.45, 2.75) is 24.2 Å². The zero-order valence-electron chi connectivity index (χ0n) is 5.20. The highest BCUT2D eigenvalue weighted by atomic mass is 32.1. The molecule has 54 valence electrons. The van der Waals surface area contributed by atoms with Crippen LogP contribution in [-0.2, 0) is 0 Å². The van der Waals surface area contributed by atoms with E-state index in [0.29, 0.717) is 6.42 Å². The van der Waals surface area contributed by atoms with Crippen LogP contribution in [-0.4, -0.2) is 28.2 Å². The topological polar surface area (TPSA) is 40.5 Å². The second kappa shape index (κ2) is 2.90. The molecule has 1 aliphatic rings. The number of rotatable bonds is 1. The normalized spacial score (nSPS) is 43.7. The molecule has 0 aromatic carbocycles. The van der Waals surface area contributed by atoms with Crippen LogP contribution in [0.1, 0.15) is 12.8 Å². The highest BCUT2D eigenvalue weighted by Gasteiger charge is 2.29. The van der Waals surface area contributed by atoms with E-state index < -0.39 is 0 Å². The third-order valence-electron chi connectivity index (χ3n) is 1.85. The van der Waals surface area contributed by atoms with Crippen LogP contribution in [0.25, 0.3) is 0 Å². The maximum atomic E-state index is 9.11. The van der Waals surface area contributed by atoms with Crippen molar-refractivity contribution in [3.05, 3.63) is 0 Å². The Morgan fingerprint density at radius 3 is 2.33 bits per heavy atom. The summed E-state index contributed by atoms with van der Waals surface area (Å²) >= 11 is 4.14. The fraction of sp³-hybridized carbons (Fsp3) is 1.00. The summed E-state index contributed by atoms with van der Waals surface area (Å²) < 4.78 is 0.